The van der Waals surface area contributed by atoms with Gasteiger partial charge in [-0.15, -0.1) is 0 Å². The lowest BCUT2D eigenvalue weighted by Crippen LogP contribution is -1.83. The van der Waals surface area contributed by atoms with Crippen molar-refractivity contribution in [2.75, 3.05) is 0 Å². The first-order valence-electron chi connectivity index (χ1n) is 7.59. The molecule has 0 amide bonds. The van der Waals surface area contributed by atoms with Gasteiger partial charge < -0.3 is 0 Å². The van der Waals surface area contributed by atoms with E-state index < -0.39 is 0 Å². The fourth-order valence-corrected chi connectivity index (χ4v) is 2.54. The average molecular weight is 257 g/mol. The largest absolute Gasteiger partial charge is 0.256 e. The molecule has 0 saturated carbocycles. The van der Waals surface area contributed by atoms with Crippen LogP contribution < -0.4 is 0 Å². The summed E-state index contributed by atoms with van der Waals surface area (Å²) in [5.74, 6) is 0. The standard InChI is InChI=1S/C19H13N/c1-2-6-17-14(5-1)8-9-15-13-16(10-11-18(15)17)19-7-3-4-12-20-19/h1-13H/i8D,9D. The molecule has 0 fully saturated rings. The molecule has 4 rings (SSSR count). The van der Waals surface area contributed by atoms with Crippen molar-refractivity contribution in [3.05, 3.63) is 78.9 Å². The molecule has 0 radical (unpaired) electrons. The quantitative estimate of drug-likeness (QED) is 0.434. The van der Waals surface area contributed by atoms with Gasteiger partial charge in [0.05, 0.1) is 8.44 Å². The summed E-state index contributed by atoms with van der Waals surface area (Å²) in [7, 11) is 0. The summed E-state index contributed by atoms with van der Waals surface area (Å²) in [5.41, 5.74) is 1.85. The van der Waals surface area contributed by atoms with Crippen molar-refractivity contribution in [2.24, 2.45) is 0 Å². The van der Waals surface area contributed by atoms with E-state index in [0.717, 1.165) is 32.8 Å². The van der Waals surface area contributed by atoms with Crippen molar-refractivity contribution in [3.8, 4) is 11.3 Å². The van der Waals surface area contributed by atoms with Gasteiger partial charge in [0.2, 0.25) is 0 Å². The van der Waals surface area contributed by atoms with Gasteiger partial charge in [0.15, 0.2) is 0 Å². The minimum atomic E-state index is 0.270. The van der Waals surface area contributed by atoms with Crippen molar-refractivity contribution in [3.63, 3.8) is 0 Å². The van der Waals surface area contributed by atoms with Gasteiger partial charge in [0.25, 0.3) is 0 Å². The number of rotatable bonds is 1. The topological polar surface area (TPSA) is 12.9 Å². The monoisotopic (exact) mass is 257 g/mol. The van der Waals surface area contributed by atoms with Crippen LogP contribution in [0.3, 0.4) is 0 Å². The highest BCUT2D eigenvalue weighted by Crippen LogP contribution is 2.28. The van der Waals surface area contributed by atoms with Crippen molar-refractivity contribution < 1.29 is 2.74 Å². The normalized spacial score (nSPS) is 12.4. The van der Waals surface area contributed by atoms with Crippen molar-refractivity contribution in [1.82, 2.24) is 4.98 Å². The fourth-order valence-electron chi connectivity index (χ4n) is 2.54. The minimum Gasteiger partial charge on any atom is -0.256 e. The molecule has 0 bridgehead atoms. The molecule has 1 heteroatoms. The highest BCUT2D eigenvalue weighted by atomic mass is 14.7. The van der Waals surface area contributed by atoms with Crippen LogP contribution in [0.5, 0.6) is 0 Å². The predicted molar refractivity (Wildman–Crippen MR) is 84.7 cm³/mol. The molecule has 94 valence electrons. The summed E-state index contributed by atoms with van der Waals surface area (Å²) < 4.78 is 16.6. The Morgan fingerprint density at radius 3 is 2.45 bits per heavy atom. The van der Waals surface area contributed by atoms with E-state index in [0.29, 0.717) is 0 Å². The Balaban J connectivity index is 2.09. The van der Waals surface area contributed by atoms with Gasteiger partial charge in [0, 0.05) is 11.8 Å². The third-order valence-corrected chi connectivity index (χ3v) is 3.53. The van der Waals surface area contributed by atoms with Gasteiger partial charge in [-0.25, -0.2) is 0 Å². The Hall–Kier alpha value is -2.67. The van der Waals surface area contributed by atoms with Crippen LogP contribution in [0.2, 0.25) is 0 Å². The maximum atomic E-state index is 8.32. The molecule has 0 saturated heterocycles. The molecule has 0 spiro atoms. The molecule has 0 aliphatic carbocycles. The molecule has 0 atom stereocenters. The second-order valence-corrected chi connectivity index (χ2v) is 4.77. The van der Waals surface area contributed by atoms with Crippen LogP contribution in [0.4, 0.5) is 0 Å². The lowest BCUT2D eigenvalue weighted by Gasteiger charge is -2.06. The number of fused-ring (bicyclic) bond motifs is 3. The molecule has 20 heavy (non-hydrogen) atoms. The first-order chi connectivity index (χ1) is 10.8. The lowest BCUT2D eigenvalue weighted by atomic mass is 9.99. The second kappa shape index (κ2) is 4.46. The molecular formula is C19H13N. The molecule has 0 N–H and O–H groups in total. The van der Waals surface area contributed by atoms with E-state index in [4.69, 9.17) is 2.74 Å². The number of nitrogens with zero attached hydrogens (tertiary/aromatic N) is 1. The van der Waals surface area contributed by atoms with E-state index in [1.807, 2.05) is 60.7 Å². The first-order valence-corrected chi connectivity index (χ1v) is 6.59. The second-order valence-electron chi connectivity index (χ2n) is 4.77. The summed E-state index contributed by atoms with van der Waals surface area (Å²) in [5, 5.41) is 3.65. The molecule has 1 aromatic heterocycles. The first kappa shape index (κ1) is 9.27. The zero-order chi connectivity index (χ0) is 15.1. The maximum absolute atomic E-state index is 8.32. The van der Waals surface area contributed by atoms with Crippen LogP contribution in [0.25, 0.3) is 32.8 Å². The van der Waals surface area contributed by atoms with E-state index in [1.165, 1.54) is 0 Å². The summed E-state index contributed by atoms with van der Waals surface area (Å²) in [6.45, 7) is 0. The number of pyridine rings is 1. The number of hydrogen-bond acceptors (Lipinski definition) is 1. The van der Waals surface area contributed by atoms with Crippen LogP contribution in [-0.2, 0) is 0 Å². The van der Waals surface area contributed by atoms with Gasteiger partial charge in [-0.05, 0) is 39.7 Å². The third-order valence-electron chi connectivity index (χ3n) is 3.53. The smallest absolute Gasteiger partial charge is 0.0702 e. The van der Waals surface area contributed by atoms with Crippen LogP contribution in [0.15, 0.2) is 78.9 Å². The van der Waals surface area contributed by atoms with Crippen LogP contribution in [0.1, 0.15) is 2.74 Å². The number of hydrogen-bond donors (Lipinski definition) is 0. The third kappa shape index (κ3) is 1.76. The molecule has 0 aliphatic heterocycles. The highest BCUT2D eigenvalue weighted by Gasteiger charge is 2.03. The van der Waals surface area contributed by atoms with E-state index in [9.17, 15) is 0 Å². The van der Waals surface area contributed by atoms with E-state index in [-0.39, 0.29) is 12.1 Å². The molecule has 0 aliphatic rings. The van der Waals surface area contributed by atoms with Gasteiger partial charge in [0.1, 0.15) is 0 Å². The SMILES string of the molecule is [2H]c1c([2H])c2cc(-c3ccccn3)ccc2c2ccccc12. The Bertz CT molecular complexity index is 994. The van der Waals surface area contributed by atoms with E-state index in [2.05, 4.69) is 4.98 Å². The zero-order valence-electron chi connectivity index (χ0n) is 12.8. The summed E-state index contributed by atoms with van der Waals surface area (Å²) in [6, 6.07) is 20.1. The number of aromatic nitrogens is 1. The Labute approximate surface area is 120 Å². The summed E-state index contributed by atoms with van der Waals surface area (Å²) in [4.78, 5) is 4.36. The summed E-state index contributed by atoms with van der Waals surface area (Å²) in [6.07, 6.45) is 1.76. The van der Waals surface area contributed by atoms with Gasteiger partial charge in [-0.3, -0.25) is 4.98 Å². The van der Waals surface area contributed by atoms with Gasteiger partial charge in [-0.1, -0.05) is 54.5 Å². The Morgan fingerprint density at radius 1 is 0.750 bits per heavy atom. The van der Waals surface area contributed by atoms with Crippen LogP contribution in [-0.4, -0.2) is 4.98 Å². The molecule has 4 aromatic rings. The minimum absolute atomic E-state index is 0.270. The Morgan fingerprint density at radius 2 is 1.55 bits per heavy atom. The molecule has 0 unspecified atom stereocenters. The van der Waals surface area contributed by atoms with E-state index >= 15 is 0 Å². The van der Waals surface area contributed by atoms with Crippen LogP contribution >= 0.6 is 0 Å². The average Bonchev–Trinajstić information content (AvgIpc) is 2.60. The van der Waals surface area contributed by atoms with E-state index in [1.54, 1.807) is 6.20 Å². The van der Waals surface area contributed by atoms with Gasteiger partial charge >= 0.3 is 0 Å². The fraction of sp³-hybridized carbons (Fsp3) is 0. The van der Waals surface area contributed by atoms with Crippen molar-refractivity contribution in [2.45, 2.75) is 0 Å². The highest BCUT2D eigenvalue weighted by molar-refractivity contribution is 6.08. The van der Waals surface area contributed by atoms with Crippen LogP contribution in [0, 0.1) is 0 Å². The van der Waals surface area contributed by atoms with Gasteiger partial charge in [-0.2, -0.15) is 0 Å². The maximum Gasteiger partial charge on any atom is 0.0702 e. The predicted octanol–water partition coefficient (Wildman–Crippen LogP) is 5.06. The van der Waals surface area contributed by atoms with Crippen molar-refractivity contribution >= 4 is 21.5 Å². The lowest BCUT2D eigenvalue weighted by molar-refractivity contribution is 1.33. The number of benzene rings is 3. The molecule has 1 nitrogen and oxygen atoms in total. The van der Waals surface area contributed by atoms with Crippen molar-refractivity contribution in [1.29, 1.82) is 0 Å². The Kier molecular flexibility index (Phi) is 2.07. The molecular weight excluding hydrogens is 242 g/mol. The molecule has 1 heterocycles. The molecule has 3 aromatic carbocycles. The zero-order valence-corrected chi connectivity index (χ0v) is 10.8. The summed E-state index contributed by atoms with van der Waals surface area (Å²) >= 11 is 0.